The van der Waals surface area contributed by atoms with Gasteiger partial charge in [-0.2, -0.15) is 5.10 Å². The number of carbonyl (C=O) groups is 2. The van der Waals surface area contributed by atoms with Crippen molar-refractivity contribution >= 4 is 28.3 Å². The van der Waals surface area contributed by atoms with Gasteiger partial charge in [0.25, 0.3) is 11.5 Å². The number of hydrogen-bond acceptors (Lipinski definition) is 7. The Kier molecular flexibility index (Phi) is 4.66. The SMILES string of the molecule is CCOC(=O)c1sc(NC(=O)c2ccc(=O)n(C)n2)nc1C. The lowest BCUT2D eigenvalue weighted by atomic mass is 10.4. The minimum Gasteiger partial charge on any atom is -0.462 e. The Hall–Kier alpha value is -2.55. The van der Waals surface area contributed by atoms with Crippen molar-refractivity contribution in [1.82, 2.24) is 14.8 Å². The highest BCUT2D eigenvalue weighted by Gasteiger charge is 2.18. The first-order valence-corrected chi connectivity index (χ1v) is 7.24. The largest absolute Gasteiger partial charge is 0.462 e. The topological polar surface area (TPSA) is 103 Å². The molecule has 2 rings (SSSR count). The number of nitrogens with zero attached hydrogens (tertiary/aromatic N) is 3. The van der Waals surface area contributed by atoms with E-state index < -0.39 is 11.9 Å². The summed E-state index contributed by atoms with van der Waals surface area (Å²) < 4.78 is 5.97. The van der Waals surface area contributed by atoms with Crippen molar-refractivity contribution in [2.45, 2.75) is 13.8 Å². The van der Waals surface area contributed by atoms with E-state index in [1.165, 1.54) is 19.2 Å². The van der Waals surface area contributed by atoms with E-state index in [9.17, 15) is 14.4 Å². The predicted molar refractivity (Wildman–Crippen MR) is 80.2 cm³/mol. The molecule has 1 N–H and O–H groups in total. The molecule has 0 aliphatic heterocycles. The smallest absolute Gasteiger partial charge is 0.350 e. The van der Waals surface area contributed by atoms with Gasteiger partial charge in [0.15, 0.2) is 5.13 Å². The van der Waals surface area contributed by atoms with E-state index in [2.05, 4.69) is 15.4 Å². The second kappa shape index (κ2) is 6.48. The molecule has 1 amide bonds. The fourth-order valence-corrected chi connectivity index (χ4v) is 2.48. The van der Waals surface area contributed by atoms with Gasteiger partial charge >= 0.3 is 5.97 Å². The lowest BCUT2D eigenvalue weighted by Crippen LogP contribution is -2.23. The van der Waals surface area contributed by atoms with Crippen LogP contribution in [0.4, 0.5) is 5.13 Å². The number of esters is 1. The molecule has 0 radical (unpaired) electrons. The molecule has 0 aliphatic rings. The number of aromatic nitrogens is 3. The Morgan fingerprint density at radius 2 is 2.14 bits per heavy atom. The van der Waals surface area contributed by atoms with Crippen LogP contribution in [-0.2, 0) is 11.8 Å². The van der Waals surface area contributed by atoms with Crippen molar-refractivity contribution in [2.75, 3.05) is 11.9 Å². The van der Waals surface area contributed by atoms with Crippen LogP contribution >= 0.6 is 11.3 Å². The van der Waals surface area contributed by atoms with E-state index in [1.54, 1.807) is 13.8 Å². The molecule has 0 bridgehead atoms. The highest BCUT2D eigenvalue weighted by atomic mass is 32.1. The Morgan fingerprint density at radius 3 is 2.77 bits per heavy atom. The number of rotatable bonds is 4. The van der Waals surface area contributed by atoms with Crippen LogP contribution in [0, 0.1) is 6.92 Å². The normalized spacial score (nSPS) is 10.3. The molecule has 2 aromatic heterocycles. The number of nitrogens with one attached hydrogen (secondary N) is 1. The van der Waals surface area contributed by atoms with E-state index in [0.29, 0.717) is 10.6 Å². The molecular weight excluding hydrogens is 308 g/mol. The van der Waals surface area contributed by atoms with Gasteiger partial charge in [-0.15, -0.1) is 0 Å². The van der Waals surface area contributed by atoms with Gasteiger partial charge in [0.05, 0.1) is 12.3 Å². The Bertz CT molecular complexity index is 781. The third-order valence-electron chi connectivity index (χ3n) is 2.67. The van der Waals surface area contributed by atoms with Gasteiger partial charge in [-0.05, 0) is 19.9 Å². The summed E-state index contributed by atoms with van der Waals surface area (Å²) in [6, 6.07) is 2.57. The lowest BCUT2D eigenvalue weighted by Gasteiger charge is -2.02. The molecule has 116 valence electrons. The minimum absolute atomic E-state index is 0.0765. The fraction of sp³-hybridized carbons (Fsp3) is 0.308. The maximum atomic E-state index is 12.1. The van der Waals surface area contributed by atoms with Crippen molar-refractivity contribution in [2.24, 2.45) is 7.05 Å². The monoisotopic (exact) mass is 322 g/mol. The van der Waals surface area contributed by atoms with E-state index in [-0.39, 0.29) is 23.0 Å². The average molecular weight is 322 g/mol. The Labute approximate surface area is 129 Å². The first-order valence-electron chi connectivity index (χ1n) is 6.42. The summed E-state index contributed by atoms with van der Waals surface area (Å²) in [5.74, 6) is -0.988. The minimum atomic E-state index is -0.514. The standard InChI is InChI=1S/C13H14N4O4S/c1-4-21-12(20)10-7(2)14-13(22-10)15-11(19)8-5-6-9(18)17(3)16-8/h5-6H,4H2,1-3H3,(H,14,15,19). The van der Waals surface area contributed by atoms with Crippen molar-refractivity contribution in [3.8, 4) is 0 Å². The van der Waals surface area contributed by atoms with Crippen LogP contribution in [0.5, 0.6) is 0 Å². The molecule has 0 fully saturated rings. The van der Waals surface area contributed by atoms with Crippen molar-refractivity contribution in [3.05, 3.63) is 38.8 Å². The van der Waals surface area contributed by atoms with Crippen molar-refractivity contribution in [1.29, 1.82) is 0 Å². The van der Waals surface area contributed by atoms with Crippen LogP contribution in [0.25, 0.3) is 0 Å². The highest BCUT2D eigenvalue weighted by molar-refractivity contribution is 7.17. The number of anilines is 1. The van der Waals surface area contributed by atoms with E-state index >= 15 is 0 Å². The highest BCUT2D eigenvalue weighted by Crippen LogP contribution is 2.23. The van der Waals surface area contributed by atoms with Crippen LogP contribution in [0.3, 0.4) is 0 Å². The van der Waals surface area contributed by atoms with Crippen LogP contribution < -0.4 is 10.9 Å². The summed E-state index contributed by atoms with van der Waals surface area (Å²) in [6.45, 7) is 3.63. The number of amides is 1. The Morgan fingerprint density at radius 1 is 1.41 bits per heavy atom. The zero-order valence-electron chi connectivity index (χ0n) is 12.2. The Balaban J connectivity index is 2.18. The first-order chi connectivity index (χ1) is 10.4. The second-order valence-corrected chi connectivity index (χ2v) is 5.29. The number of carbonyl (C=O) groups excluding carboxylic acids is 2. The molecule has 9 heteroatoms. The molecule has 2 heterocycles. The second-order valence-electron chi connectivity index (χ2n) is 4.29. The summed E-state index contributed by atoms with van der Waals surface area (Å²) in [4.78, 5) is 39.4. The third-order valence-corrected chi connectivity index (χ3v) is 3.72. The maximum Gasteiger partial charge on any atom is 0.350 e. The summed E-state index contributed by atoms with van der Waals surface area (Å²) in [6.07, 6.45) is 0. The summed E-state index contributed by atoms with van der Waals surface area (Å²) in [7, 11) is 1.45. The first kappa shape index (κ1) is 15.8. The molecule has 2 aromatic rings. The van der Waals surface area contributed by atoms with Gasteiger partial charge in [0, 0.05) is 13.1 Å². The van der Waals surface area contributed by atoms with Gasteiger partial charge in [-0.25, -0.2) is 14.5 Å². The van der Waals surface area contributed by atoms with Crippen LogP contribution in [0.15, 0.2) is 16.9 Å². The van der Waals surface area contributed by atoms with Gasteiger partial charge < -0.3 is 4.74 Å². The number of ether oxygens (including phenoxy) is 1. The van der Waals surface area contributed by atoms with E-state index in [1.807, 2.05) is 0 Å². The van der Waals surface area contributed by atoms with E-state index in [0.717, 1.165) is 16.0 Å². The molecule has 0 unspecified atom stereocenters. The average Bonchev–Trinajstić information content (AvgIpc) is 2.82. The van der Waals surface area contributed by atoms with Gasteiger partial charge in [-0.3, -0.25) is 14.9 Å². The zero-order chi connectivity index (χ0) is 16.3. The molecule has 0 saturated carbocycles. The number of hydrogen-bond donors (Lipinski definition) is 1. The van der Waals surface area contributed by atoms with Gasteiger partial charge in [-0.1, -0.05) is 11.3 Å². The molecular formula is C13H14N4O4S. The lowest BCUT2D eigenvalue weighted by molar-refractivity contribution is 0.0531. The fourth-order valence-electron chi connectivity index (χ4n) is 1.62. The molecule has 0 atom stereocenters. The van der Waals surface area contributed by atoms with Gasteiger partial charge in [0.1, 0.15) is 10.6 Å². The van der Waals surface area contributed by atoms with Gasteiger partial charge in [0.2, 0.25) is 0 Å². The van der Waals surface area contributed by atoms with Crippen LogP contribution in [-0.4, -0.2) is 33.2 Å². The molecule has 0 spiro atoms. The van der Waals surface area contributed by atoms with Crippen LogP contribution in [0.2, 0.25) is 0 Å². The number of thiazole rings is 1. The zero-order valence-corrected chi connectivity index (χ0v) is 13.1. The summed E-state index contributed by atoms with van der Waals surface area (Å²) in [5, 5.41) is 6.65. The maximum absolute atomic E-state index is 12.1. The van der Waals surface area contributed by atoms with Crippen molar-refractivity contribution in [3.63, 3.8) is 0 Å². The predicted octanol–water partition coefficient (Wildman–Crippen LogP) is 0.974. The molecule has 0 aromatic carbocycles. The quantitative estimate of drug-likeness (QED) is 0.841. The molecule has 22 heavy (non-hydrogen) atoms. The van der Waals surface area contributed by atoms with Crippen molar-refractivity contribution < 1.29 is 14.3 Å². The van der Waals surface area contributed by atoms with E-state index in [4.69, 9.17) is 4.74 Å². The number of aryl methyl sites for hydroxylation is 2. The van der Waals surface area contributed by atoms with Crippen LogP contribution in [0.1, 0.15) is 32.8 Å². The molecule has 0 aliphatic carbocycles. The summed E-state index contributed by atoms with van der Waals surface area (Å²) in [5.41, 5.74) is 0.242. The molecule has 0 saturated heterocycles. The molecule has 8 nitrogen and oxygen atoms in total. The third kappa shape index (κ3) is 3.37. The summed E-state index contributed by atoms with van der Waals surface area (Å²) >= 11 is 1.02.